The Balaban J connectivity index is 1.51. The van der Waals surface area contributed by atoms with Crippen LogP contribution in [0, 0.1) is 13.8 Å². The SMILES string of the molecule is Cc1ccc(-c2cn3ccc(N(C)CCS(=O)(=O)c4ccc(C)cc4)cc3n2)cc1. The maximum absolute atomic E-state index is 12.6. The Morgan fingerprint density at radius 1 is 0.933 bits per heavy atom. The zero-order chi connectivity index (χ0) is 21.3. The van der Waals surface area contributed by atoms with Gasteiger partial charge in [-0.1, -0.05) is 47.5 Å². The predicted octanol–water partition coefficient (Wildman–Crippen LogP) is 4.53. The fourth-order valence-corrected chi connectivity index (χ4v) is 4.62. The van der Waals surface area contributed by atoms with Crippen LogP contribution >= 0.6 is 0 Å². The lowest BCUT2D eigenvalue weighted by atomic mass is 10.1. The average molecular weight is 420 g/mol. The summed E-state index contributed by atoms with van der Waals surface area (Å²) in [6, 6.07) is 19.3. The Bertz CT molecular complexity index is 1270. The molecule has 0 saturated carbocycles. The summed E-state index contributed by atoms with van der Waals surface area (Å²) in [4.78, 5) is 7.06. The Kier molecular flexibility index (Phi) is 5.35. The molecule has 0 spiro atoms. The molecule has 0 N–H and O–H groups in total. The Morgan fingerprint density at radius 3 is 2.23 bits per heavy atom. The number of fused-ring (bicyclic) bond motifs is 1. The van der Waals surface area contributed by atoms with E-state index in [0.29, 0.717) is 11.4 Å². The molecular weight excluding hydrogens is 394 g/mol. The number of hydrogen-bond acceptors (Lipinski definition) is 4. The minimum atomic E-state index is -3.32. The molecule has 154 valence electrons. The number of aromatic nitrogens is 2. The van der Waals surface area contributed by atoms with Crippen LogP contribution < -0.4 is 4.90 Å². The van der Waals surface area contributed by atoms with Crippen molar-refractivity contribution in [3.05, 3.63) is 84.2 Å². The minimum absolute atomic E-state index is 0.0563. The van der Waals surface area contributed by atoms with Gasteiger partial charge in [0.2, 0.25) is 0 Å². The van der Waals surface area contributed by atoms with Gasteiger partial charge in [0, 0.05) is 43.3 Å². The highest BCUT2D eigenvalue weighted by molar-refractivity contribution is 7.91. The molecule has 2 aromatic heterocycles. The second-order valence-electron chi connectivity index (χ2n) is 7.70. The number of pyridine rings is 1. The first-order chi connectivity index (χ1) is 14.3. The standard InChI is InChI=1S/C24H25N3O2S/c1-18-4-8-20(9-5-18)23-17-27-13-12-21(16-24(27)25-23)26(3)14-15-30(28,29)22-10-6-19(2)7-11-22/h4-13,16-17H,14-15H2,1-3H3. The maximum Gasteiger partial charge on any atom is 0.180 e. The Labute approximate surface area is 177 Å². The number of aryl methyl sites for hydroxylation is 2. The van der Waals surface area contributed by atoms with E-state index in [1.807, 2.05) is 59.9 Å². The highest BCUT2D eigenvalue weighted by Crippen LogP contribution is 2.22. The van der Waals surface area contributed by atoms with E-state index in [-0.39, 0.29) is 5.75 Å². The predicted molar refractivity (Wildman–Crippen MR) is 122 cm³/mol. The van der Waals surface area contributed by atoms with Crippen molar-refractivity contribution in [2.75, 3.05) is 24.2 Å². The highest BCUT2D eigenvalue weighted by Gasteiger charge is 2.16. The molecule has 0 aliphatic rings. The molecule has 0 amide bonds. The van der Waals surface area contributed by atoms with Crippen LogP contribution in [-0.2, 0) is 9.84 Å². The number of benzene rings is 2. The Morgan fingerprint density at radius 2 is 1.57 bits per heavy atom. The van der Waals surface area contributed by atoms with E-state index in [1.165, 1.54) is 5.56 Å². The third-order valence-electron chi connectivity index (χ3n) is 5.31. The van der Waals surface area contributed by atoms with Gasteiger partial charge in [-0.25, -0.2) is 13.4 Å². The van der Waals surface area contributed by atoms with Crippen LogP contribution in [0.4, 0.5) is 5.69 Å². The molecule has 0 aliphatic carbocycles. The van der Waals surface area contributed by atoms with E-state index >= 15 is 0 Å². The van der Waals surface area contributed by atoms with E-state index in [2.05, 4.69) is 31.2 Å². The van der Waals surface area contributed by atoms with E-state index in [0.717, 1.165) is 28.2 Å². The summed E-state index contributed by atoms with van der Waals surface area (Å²) in [5.74, 6) is 0.0563. The van der Waals surface area contributed by atoms with Crippen LogP contribution in [0.15, 0.2) is 78.0 Å². The van der Waals surface area contributed by atoms with Crippen molar-refractivity contribution in [3.8, 4) is 11.3 Å². The summed E-state index contributed by atoms with van der Waals surface area (Å²) in [6.45, 7) is 4.41. The fourth-order valence-electron chi connectivity index (χ4n) is 3.32. The van der Waals surface area contributed by atoms with Crippen LogP contribution in [0.3, 0.4) is 0 Å². The molecule has 0 unspecified atom stereocenters. The fraction of sp³-hybridized carbons (Fsp3) is 0.208. The maximum atomic E-state index is 12.6. The zero-order valence-corrected chi connectivity index (χ0v) is 18.2. The molecule has 0 fully saturated rings. The smallest absolute Gasteiger partial charge is 0.180 e. The summed E-state index contributed by atoms with van der Waals surface area (Å²) in [5, 5.41) is 0. The van der Waals surface area contributed by atoms with Crippen molar-refractivity contribution in [1.29, 1.82) is 0 Å². The van der Waals surface area contributed by atoms with Crippen molar-refractivity contribution >= 4 is 21.2 Å². The van der Waals surface area contributed by atoms with Gasteiger partial charge in [-0.3, -0.25) is 0 Å². The van der Waals surface area contributed by atoms with Gasteiger partial charge in [0.25, 0.3) is 0 Å². The normalized spacial score (nSPS) is 11.7. The molecule has 4 rings (SSSR count). The summed E-state index contributed by atoms with van der Waals surface area (Å²) < 4.78 is 27.2. The van der Waals surface area contributed by atoms with Crippen molar-refractivity contribution in [2.45, 2.75) is 18.7 Å². The van der Waals surface area contributed by atoms with Gasteiger partial charge in [0.1, 0.15) is 5.65 Å². The largest absolute Gasteiger partial charge is 0.373 e. The lowest BCUT2D eigenvalue weighted by Crippen LogP contribution is -2.25. The van der Waals surface area contributed by atoms with E-state index in [4.69, 9.17) is 4.98 Å². The molecule has 0 radical (unpaired) electrons. The zero-order valence-electron chi connectivity index (χ0n) is 17.4. The van der Waals surface area contributed by atoms with Gasteiger partial charge in [-0.05, 0) is 32.0 Å². The van der Waals surface area contributed by atoms with E-state index in [1.54, 1.807) is 12.1 Å². The topological polar surface area (TPSA) is 54.7 Å². The first kappa shape index (κ1) is 20.2. The summed E-state index contributed by atoms with van der Waals surface area (Å²) in [7, 11) is -1.42. The minimum Gasteiger partial charge on any atom is -0.373 e. The number of rotatable bonds is 6. The lowest BCUT2D eigenvalue weighted by molar-refractivity contribution is 0.595. The second-order valence-corrected chi connectivity index (χ2v) is 9.81. The second kappa shape index (κ2) is 7.95. The molecular formula is C24H25N3O2S. The number of imidazole rings is 1. The van der Waals surface area contributed by atoms with E-state index in [9.17, 15) is 8.42 Å². The number of anilines is 1. The van der Waals surface area contributed by atoms with Gasteiger partial charge in [-0.2, -0.15) is 0 Å². The van der Waals surface area contributed by atoms with Gasteiger partial charge in [0.15, 0.2) is 9.84 Å². The molecule has 0 bridgehead atoms. The highest BCUT2D eigenvalue weighted by atomic mass is 32.2. The van der Waals surface area contributed by atoms with Gasteiger partial charge in [-0.15, -0.1) is 0 Å². The van der Waals surface area contributed by atoms with Crippen LogP contribution in [0.1, 0.15) is 11.1 Å². The Hall–Kier alpha value is -3.12. The van der Waals surface area contributed by atoms with E-state index < -0.39 is 9.84 Å². The first-order valence-corrected chi connectivity index (χ1v) is 11.5. The molecule has 0 atom stereocenters. The summed E-state index contributed by atoms with van der Waals surface area (Å²) >= 11 is 0. The monoisotopic (exact) mass is 419 g/mol. The van der Waals surface area contributed by atoms with Crippen LogP contribution in [-0.4, -0.2) is 37.1 Å². The van der Waals surface area contributed by atoms with Gasteiger partial charge in [0.05, 0.1) is 16.3 Å². The van der Waals surface area contributed by atoms with Crippen LogP contribution in [0.5, 0.6) is 0 Å². The molecule has 4 aromatic rings. The van der Waals surface area contributed by atoms with Crippen molar-refractivity contribution in [2.24, 2.45) is 0 Å². The summed E-state index contributed by atoms with van der Waals surface area (Å²) in [6.07, 6.45) is 3.96. The van der Waals surface area contributed by atoms with Gasteiger partial charge < -0.3 is 9.30 Å². The first-order valence-electron chi connectivity index (χ1n) is 9.88. The van der Waals surface area contributed by atoms with Crippen molar-refractivity contribution < 1.29 is 8.42 Å². The third-order valence-corrected chi connectivity index (χ3v) is 7.02. The van der Waals surface area contributed by atoms with Crippen molar-refractivity contribution in [1.82, 2.24) is 9.38 Å². The lowest BCUT2D eigenvalue weighted by Gasteiger charge is -2.19. The van der Waals surface area contributed by atoms with Crippen LogP contribution in [0.25, 0.3) is 16.9 Å². The van der Waals surface area contributed by atoms with Crippen LogP contribution in [0.2, 0.25) is 0 Å². The van der Waals surface area contributed by atoms with Gasteiger partial charge >= 0.3 is 0 Å². The average Bonchev–Trinajstić information content (AvgIpc) is 3.16. The molecule has 5 nitrogen and oxygen atoms in total. The molecule has 0 saturated heterocycles. The molecule has 30 heavy (non-hydrogen) atoms. The number of nitrogens with zero attached hydrogens (tertiary/aromatic N) is 3. The summed E-state index contributed by atoms with van der Waals surface area (Å²) in [5.41, 5.74) is 6.01. The molecule has 0 aliphatic heterocycles. The molecule has 2 aromatic carbocycles. The number of sulfone groups is 1. The third kappa shape index (κ3) is 4.24. The molecule has 2 heterocycles. The number of hydrogen-bond donors (Lipinski definition) is 0. The molecule has 6 heteroatoms. The van der Waals surface area contributed by atoms with Crippen molar-refractivity contribution in [3.63, 3.8) is 0 Å². The quantitative estimate of drug-likeness (QED) is 0.461.